The van der Waals surface area contributed by atoms with E-state index in [0.29, 0.717) is 33.9 Å². The third-order valence-electron chi connectivity index (χ3n) is 5.05. The van der Waals surface area contributed by atoms with E-state index >= 15 is 0 Å². The Morgan fingerprint density at radius 3 is 2.40 bits per heavy atom. The number of ether oxygens (including phenoxy) is 1. The van der Waals surface area contributed by atoms with Gasteiger partial charge in [-0.2, -0.15) is 0 Å². The standard InChI is InChI=1S/C25H21NO4/c1-15-7-9-17(10-8-15)23(27)24-16(2)21-12-11-19(14-22(21)30-24)26-25(28)18-5-4-6-20(13-18)29-3/h4-14H,1-3H3,(H,26,28). The molecule has 4 aromatic rings. The SMILES string of the molecule is COc1cccc(C(=O)Nc2ccc3c(C)c(C(=O)c4ccc(C)cc4)oc3c2)c1. The molecule has 0 aliphatic rings. The molecule has 0 radical (unpaired) electrons. The summed E-state index contributed by atoms with van der Waals surface area (Å²) < 4.78 is 11.1. The van der Waals surface area contributed by atoms with Gasteiger partial charge in [0.05, 0.1) is 7.11 Å². The molecule has 1 N–H and O–H groups in total. The fourth-order valence-electron chi connectivity index (χ4n) is 3.32. The topological polar surface area (TPSA) is 68.5 Å². The number of fused-ring (bicyclic) bond motifs is 1. The van der Waals surface area contributed by atoms with E-state index in [9.17, 15) is 9.59 Å². The largest absolute Gasteiger partial charge is 0.497 e. The second-order valence-corrected chi connectivity index (χ2v) is 7.15. The molecule has 5 nitrogen and oxygen atoms in total. The fourth-order valence-corrected chi connectivity index (χ4v) is 3.32. The van der Waals surface area contributed by atoms with E-state index in [1.54, 1.807) is 55.6 Å². The average molecular weight is 399 g/mol. The van der Waals surface area contributed by atoms with Crippen LogP contribution < -0.4 is 10.1 Å². The summed E-state index contributed by atoms with van der Waals surface area (Å²) in [5.74, 6) is 0.502. The molecule has 4 rings (SSSR count). The number of amides is 1. The van der Waals surface area contributed by atoms with Gasteiger partial charge in [-0.1, -0.05) is 35.9 Å². The smallest absolute Gasteiger partial charge is 0.255 e. The lowest BCUT2D eigenvalue weighted by Crippen LogP contribution is -2.11. The van der Waals surface area contributed by atoms with E-state index in [0.717, 1.165) is 16.5 Å². The molecule has 0 atom stereocenters. The lowest BCUT2D eigenvalue weighted by molar-refractivity contribution is 0.101. The van der Waals surface area contributed by atoms with Crippen LogP contribution in [0.5, 0.6) is 5.75 Å². The number of furan rings is 1. The first-order valence-electron chi connectivity index (χ1n) is 9.56. The number of benzene rings is 3. The molecule has 1 aromatic heterocycles. The Bertz CT molecular complexity index is 1250. The normalized spacial score (nSPS) is 10.8. The Balaban J connectivity index is 1.62. The van der Waals surface area contributed by atoms with Crippen LogP contribution in [0.4, 0.5) is 5.69 Å². The Hall–Kier alpha value is -3.86. The van der Waals surface area contributed by atoms with Gasteiger partial charge in [0.2, 0.25) is 5.78 Å². The van der Waals surface area contributed by atoms with Crippen LogP contribution in [-0.2, 0) is 0 Å². The predicted octanol–water partition coefficient (Wildman–Crippen LogP) is 5.54. The van der Waals surface area contributed by atoms with Crippen molar-refractivity contribution in [1.29, 1.82) is 0 Å². The van der Waals surface area contributed by atoms with Gasteiger partial charge < -0.3 is 14.5 Å². The lowest BCUT2D eigenvalue weighted by atomic mass is 10.0. The van der Waals surface area contributed by atoms with Crippen molar-refractivity contribution in [3.8, 4) is 5.75 Å². The van der Waals surface area contributed by atoms with Crippen LogP contribution in [0.1, 0.15) is 37.6 Å². The molecule has 0 saturated heterocycles. The first-order valence-corrected chi connectivity index (χ1v) is 9.56. The zero-order valence-electron chi connectivity index (χ0n) is 17.0. The van der Waals surface area contributed by atoms with E-state index in [4.69, 9.17) is 9.15 Å². The third-order valence-corrected chi connectivity index (χ3v) is 5.05. The van der Waals surface area contributed by atoms with Crippen LogP contribution >= 0.6 is 0 Å². The van der Waals surface area contributed by atoms with E-state index in [1.165, 1.54) is 0 Å². The van der Waals surface area contributed by atoms with Crippen LogP contribution in [0.2, 0.25) is 0 Å². The molecule has 0 bridgehead atoms. The lowest BCUT2D eigenvalue weighted by Gasteiger charge is -2.06. The predicted molar refractivity (Wildman–Crippen MR) is 117 cm³/mol. The molecule has 1 amide bonds. The van der Waals surface area contributed by atoms with Crippen molar-refractivity contribution in [2.45, 2.75) is 13.8 Å². The zero-order chi connectivity index (χ0) is 21.3. The minimum absolute atomic E-state index is 0.161. The number of methoxy groups -OCH3 is 1. The summed E-state index contributed by atoms with van der Waals surface area (Å²) in [4.78, 5) is 25.4. The number of rotatable bonds is 5. The number of hydrogen-bond acceptors (Lipinski definition) is 4. The number of carbonyl (C=O) groups is 2. The van der Waals surface area contributed by atoms with Crippen LogP contribution in [-0.4, -0.2) is 18.8 Å². The highest BCUT2D eigenvalue weighted by molar-refractivity contribution is 6.11. The summed E-state index contributed by atoms with van der Waals surface area (Å²) in [6, 6.07) is 19.7. The second kappa shape index (κ2) is 7.87. The summed E-state index contributed by atoms with van der Waals surface area (Å²) >= 11 is 0. The quantitative estimate of drug-likeness (QED) is 0.447. The molecule has 0 fully saturated rings. The van der Waals surface area contributed by atoms with Crippen molar-refractivity contribution in [2.75, 3.05) is 12.4 Å². The highest BCUT2D eigenvalue weighted by Crippen LogP contribution is 2.29. The van der Waals surface area contributed by atoms with E-state index in [2.05, 4.69) is 5.32 Å². The molecule has 0 saturated carbocycles. The van der Waals surface area contributed by atoms with Crippen molar-refractivity contribution < 1.29 is 18.7 Å². The maximum absolute atomic E-state index is 12.9. The van der Waals surface area contributed by atoms with E-state index in [-0.39, 0.29) is 11.7 Å². The van der Waals surface area contributed by atoms with Gasteiger partial charge in [0.1, 0.15) is 11.3 Å². The van der Waals surface area contributed by atoms with Gasteiger partial charge in [-0.25, -0.2) is 0 Å². The molecule has 0 spiro atoms. The maximum Gasteiger partial charge on any atom is 0.255 e. The van der Waals surface area contributed by atoms with Crippen LogP contribution in [0.15, 0.2) is 71.1 Å². The summed E-state index contributed by atoms with van der Waals surface area (Å²) in [5.41, 5.74) is 4.06. The average Bonchev–Trinajstić information content (AvgIpc) is 3.09. The number of aryl methyl sites for hydroxylation is 2. The second-order valence-electron chi connectivity index (χ2n) is 7.15. The Kier molecular flexibility index (Phi) is 5.11. The van der Waals surface area contributed by atoms with E-state index < -0.39 is 0 Å². The number of ketones is 1. The molecule has 3 aromatic carbocycles. The molecule has 5 heteroatoms. The molecule has 0 aliphatic carbocycles. The van der Waals surface area contributed by atoms with E-state index in [1.807, 2.05) is 32.0 Å². The van der Waals surface area contributed by atoms with Gasteiger partial charge in [-0.15, -0.1) is 0 Å². The van der Waals surface area contributed by atoms with Crippen LogP contribution in [0.3, 0.4) is 0 Å². The third kappa shape index (κ3) is 3.70. The van der Waals surface area contributed by atoms with Crippen LogP contribution in [0, 0.1) is 13.8 Å². The molecular weight excluding hydrogens is 378 g/mol. The highest BCUT2D eigenvalue weighted by atomic mass is 16.5. The number of hydrogen-bond donors (Lipinski definition) is 1. The summed E-state index contributed by atoms with van der Waals surface area (Å²) in [7, 11) is 1.56. The molecule has 150 valence electrons. The van der Waals surface area contributed by atoms with Crippen LogP contribution in [0.25, 0.3) is 11.0 Å². The van der Waals surface area contributed by atoms with Crippen molar-refractivity contribution in [2.24, 2.45) is 0 Å². The van der Waals surface area contributed by atoms with Gasteiger partial charge in [0, 0.05) is 33.8 Å². The minimum Gasteiger partial charge on any atom is -0.497 e. The molecule has 30 heavy (non-hydrogen) atoms. The fraction of sp³-hybridized carbons (Fsp3) is 0.120. The first kappa shape index (κ1) is 19.5. The van der Waals surface area contributed by atoms with Gasteiger partial charge in [-0.3, -0.25) is 9.59 Å². The van der Waals surface area contributed by atoms with Gasteiger partial charge in [0.15, 0.2) is 5.76 Å². The molecule has 0 unspecified atom stereocenters. The molecule has 0 aliphatic heterocycles. The van der Waals surface area contributed by atoms with Crippen molar-refractivity contribution in [1.82, 2.24) is 0 Å². The van der Waals surface area contributed by atoms with Gasteiger partial charge >= 0.3 is 0 Å². The monoisotopic (exact) mass is 399 g/mol. The Labute approximate surface area is 174 Å². The molecular formula is C25H21NO4. The van der Waals surface area contributed by atoms with Gasteiger partial charge in [-0.05, 0) is 44.2 Å². The number of nitrogens with one attached hydrogen (secondary N) is 1. The number of carbonyl (C=O) groups excluding carboxylic acids is 2. The Morgan fingerprint density at radius 2 is 1.67 bits per heavy atom. The zero-order valence-corrected chi connectivity index (χ0v) is 17.0. The van der Waals surface area contributed by atoms with Gasteiger partial charge in [0.25, 0.3) is 5.91 Å². The van der Waals surface area contributed by atoms with Crippen molar-refractivity contribution in [3.05, 3.63) is 94.7 Å². The summed E-state index contributed by atoms with van der Waals surface area (Å²) in [6.45, 7) is 3.84. The summed E-state index contributed by atoms with van der Waals surface area (Å²) in [5, 5.41) is 3.70. The minimum atomic E-state index is -0.257. The molecule has 1 heterocycles. The number of anilines is 1. The first-order chi connectivity index (χ1) is 14.5. The maximum atomic E-state index is 12.9. The van der Waals surface area contributed by atoms with Crippen molar-refractivity contribution in [3.63, 3.8) is 0 Å². The Morgan fingerprint density at radius 1 is 0.900 bits per heavy atom. The highest BCUT2D eigenvalue weighted by Gasteiger charge is 2.19. The summed E-state index contributed by atoms with van der Waals surface area (Å²) in [6.07, 6.45) is 0. The van der Waals surface area contributed by atoms with Crippen molar-refractivity contribution >= 4 is 28.3 Å².